The van der Waals surface area contributed by atoms with E-state index in [-0.39, 0.29) is 24.1 Å². The number of carbonyl (C=O) groups is 1. The molecule has 0 saturated heterocycles. The molecule has 3 aromatic heterocycles. The molecule has 0 saturated carbocycles. The van der Waals surface area contributed by atoms with Crippen LogP contribution in [-0.4, -0.2) is 20.6 Å². The predicted octanol–water partition coefficient (Wildman–Crippen LogP) is 2.11. The van der Waals surface area contributed by atoms with Crippen LogP contribution in [0.1, 0.15) is 35.2 Å². The Morgan fingerprint density at radius 2 is 2.12 bits per heavy atom. The Hall–Kier alpha value is -3.62. The molecule has 0 bridgehead atoms. The molecule has 1 aromatic carbocycles. The summed E-state index contributed by atoms with van der Waals surface area (Å²) in [6.07, 6.45) is 1.41. The zero-order valence-electron chi connectivity index (χ0n) is 13.7. The van der Waals surface area contributed by atoms with Gasteiger partial charge >= 0.3 is 5.76 Å². The molecule has 132 valence electrons. The van der Waals surface area contributed by atoms with Gasteiger partial charge in [0.25, 0.3) is 5.91 Å². The molecular weight excluding hydrogens is 340 g/mol. The lowest BCUT2D eigenvalue weighted by atomic mass is 10.3. The van der Waals surface area contributed by atoms with Gasteiger partial charge in [0.2, 0.25) is 5.89 Å². The molecular formula is C17H14N4O5. The van der Waals surface area contributed by atoms with Crippen LogP contribution in [0.4, 0.5) is 0 Å². The van der Waals surface area contributed by atoms with Gasteiger partial charge in [-0.05, 0) is 31.2 Å². The summed E-state index contributed by atoms with van der Waals surface area (Å²) in [6.45, 7) is 1.80. The monoisotopic (exact) mass is 354 g/mol. The van der Waals surface area contributed by atoms with Crippen molar-refractivity contribution in [2.24, 2.45) is 0 Å². The Bertz CT molecular complexity index is 1110. The highest BCUT2D eigenvalue weighted by molar-refractivity contribution is 5.91. The van der Waals surface area contributed by atoms with Crippen molar-refractivity contribution >= 4 is 17.0 Å². The fourth-order valence-electron chi connectivity index (χ4n) is 2.55. The molecule has 9 nitrogen and oxygen atoms in total. The van der Waals surface area contributed by atoms with Gasteiger partial charge in [-0.1, -0.05) is 17.3 Å². The normalized spacial score (nSPS) is 12.3. The Morgan fingerprint density at radius 3 is 2.92 bits per heavy atom. The number of carbonyl (C=O) groups excluding carboxylic acids is 1. The van der Waals surface area contributed by atoms with Gasteiger partial charge in [-0.2, -0.15) is 4.98 Å². The minimum atomic E-state index is -0.522. The average molecular weight is 354 g/mol. The molecule has 0 aliphatic rings. The second-order valence-electron chi connectivity index (χ2n) is 5.64. The second kappa shape index (κ2) is 6.36. The third-order valence-electron chi connectivity index (χ3n) is 3.82. The number of amides is 1. The molecule has 0 spiro atoms. The summed E-state index contributed by atoms with van der Waals surface area (Å²) in [7, 11) is 0. The summed E-state index contributed by atoms with van der Waals surface area (Å²) in [5.41, 5.74) is 1.13. The van der Waals surface area contributed by atoms with Crippen molar-refractivity contribution in [3.8, 4) is 0 Å². The van der Waals surface area contributed by atoms with Gasteiger partial charge in [0.1, 0.15) is 6.04 Å². The van der Waals surface area contributed by atoms with Gasteiger partial charge in [0.05, 0.1) is 18.3 Å². The summed E-state index contributed by atoms with van der Waals surface area (Å²) in [4.78, 5) is 28.2. The lowest BCUT2D eigenvalue weighted by Gasteiger charge is -2.07. The number of rotatable bonds is 5. The minimum Gasteiger partial charge on any atom is -0.459 e. The predicted molar refractivity (Wildman–Crippen MR) is 88.5 cm³/mol. The first-order valence-corrected chi connectivity index (χ1v) is 7.87. The van der Waals surface area contributed by atoms with E-state index < -0.39 is 11.8 Å². The molecule has 4 aromatic rings. The van der Waals surface area contributed by atoms with Crippen molar-refractivity contribution in [1.29, 1.82) is 0 Å². The van der Waals surface area contributed by atoms with E-state index in [1.807, 2.05) is 6.07 Å². The summed E-state index contributed by atoms with van der Waals surface area (Å²) < 4.78 is 16.8. The summed E-state index contributed by atoms with van der Waals surface area (Å²) in [6, 6.07) is 9.73. The number of nitrogens with one attached hydrogen (secondary N) is 1. The molecule has 9 heteroatoms. The van der Waals surface area contributed by atoms with E-state index in [0.717, 1.165) is 0 Å². The lowest BCUT2D eigenvalue weighted by molar-refractivity contribution is 0.0904. The highest BCUT2D eigenvalue weighted by atomic mass is 16.5. The molecule has 0 unspecified atom stereocenters. The zero-order valence-corrected chi connectivity index (χ0v) is 13.7. The maximum Gasteiger partial charge on any atom is 0.420 e. The molecule has 0 aliphatic heterocycles. The standard InChI is InChI=1S/C17H14N4O5/c1-10(18-15(22)13-7-4-8-24-13)16-19-14(20-26-16)9-21-11-5-2-3-6-12(11)25-17(21)23/h2-8,10H,9H2,1H3,(H,18,22)/t10-/m1/s1. The topological polar surface area (TPSA) is 116 Å². The van der Waals surface area contributed by atoms with Gasteiger partial charge < -0.3 is 18.7 Å². The Labute approximate surface area is 146 Å². The zero-order chi connectivity index (χ0) is 18.1. The Morgan fingerprint density at radius 1 is 1.27 bits per heavy atom. The van der Waals surface area contributed by atoms with E-state index in [9.17, 15) is 9.59 Å². The summed E-state index contributed by atoms with van der Waals surface area (Å²) in [5.74, 6) is -0.183. The molecule has 0 fully saturated rings. The number of oxazole rings is 1. The number of fused-ring (bicyclic) bond motifs is 1. The summed E-state index contributed by atoms with van der Waals surface area (Å²) >= 11 is 0. The van der Waals surface area contributed by atoms with Crippen molar-refractivity contribution in [3.63, 3.8) is 0 Å². The van der Waals surface area contributed by atoms with Crippen LogP contribution in [0.25, 0.3) is 11.1 Å². The molecule has 1 amide bonds. The molecule has 26 heavy (non-hydrogen) atoms. The van der Waals surface area contributed by atoms with Crippen molar-refractivity contribution in [2.75, 3.05) is 0 Å². The van der Waals surface area contributed by atoms with Crippen molar-refractivity contribution in [2.45, 2.75) is 19.5 Å². The molecule has 1 atom stereocenters. The fraction of sp³-hybridized carbons (Fsp3) is 0.176. The number of hydrogen-bond acceptors (Lipinski definition) is 7. The first-order chi connectivity index (χ1) is 12.6. The molecule has 0 radical (unpaired) electrons. The Balaban J connectivity index is 1.51. The van der Waals surface area contributed by atoms with Crippen molar-refractivity contribution < 1.29 is 18.2 Å². The maximum atomic E-state index is 12.0. The largest absolute Gasteiger partial charge is 0.459 e. The van der Waals surface area contributed by atoms with Crippen LogP contribution in [0, 0.1) is 0 Å². The SMILES string of the molecule is C[C@@H](NC(=O)c1ccco1)c1nc(Cn2c(=O)oc3ccccc32)no1. The van der Waals surface area contributed by atoms with E-state index in [4.69, 9.17) is 13.4 Å². The number of aromatic nitrogens is 3. The Kier molecular flexibility index (Phi) is 3.88. The van der Waals surface area contributed by atoms with E-state index in [2.05, 4.69) is 15.5 Å². The number of benzene rings is 1. The van der Waals surface area contributed by atoms with Gasteiger partial charge in [-0.3, -0.25) is 9.36 Å². The highest BCUT2D eigenvalue weighted by Gasteiger charge is 2.20. The first-order valence-electron chi connectivity index (χ1n) is 7.87. The highest BCUT2D eigenvalue weighted by Crippen LogP contribution is 2.15. The average Bonchev–Trinajstić information content (AvgIpc) is 3.36. The third kappa shape index (κ3) is 2.90. The van der Waals surface area contributed by atoms with Gasteiger partial charge in [0.15, 0.2) is 17.2 Å². The number of hydrogen-bond donors (Lipinski definition) is 1. The van der Waals surface area contributed by atoms with Crippen molar-refractivity contribution in [3.05, 3.63) is 70.7 Å². The number of para-hydroxylation sites is 2. The summed E-state index contributed by atoms with van der Waals surface area (Å²) in [5, 5.41) is 6.56. The minimum absolute atomic E-state index is 0.0954. The van der Waals surface area contributed by atoms with Gasteiger partial charge in [-0.25, -0.2) is 4.79 Å². The third-order valence-corrected chi connectivity index (χ3v) is 3.82. The maximum absolute atomic E-state index is 12.0. The van der Waals surface area contributed by atoms with Crippen molar-refractivity contribution in [1.82, 2.24) is 20.0 Å². The first kappa shape index (κ1) is 15.9. The number of furan rings is 1. The molecule has 1 N–H and O–H groups in total. The molecule has 4 rings (SSSR count). The van der Waals surface area contributed by atoms with E-state index in [1.54, 1.807) is 37.3 Å². The second-order valence-corrected chi connectivity index (χ2v) is 5.64. The van der Waals surface area contributed by atoms with Crippen LogP contribution in [0.2, 0.25) is 0 Å². The van der Waals surface area contributed by atoms with Crippen LogP contribution in [-0.2, 0) is 6.54 Å². The van der Waals surface area contributed by atoms with Crippen LogP contribution in [0.15, 0.2) is 60.8 Å². The van der Waals surface area contributed by atoms with Crippen LogP contribution in [0.3, 0.4) is 0 Å². The van der Waals surface area contributed by atoms with Crippen LogP contribution < -0.4 is 11.1 Å². The van der Waals surface area contributed by atoms with E-state index in [0.29, 0.717) is 16.9 Å². The van der Waals surface area contributed by atoms with Crippen LogP contribution in [0.5, 0.6) is 0 Å². The smallest absolute Gasteiger partial charge is 0.420 e. The molecule has 0 aliphatic carbocycles. The quantitative estimate of drug-likeness (QED) is 0.583. The van der Waals surface area contributed by atoms with Gasteiger partial charge in [-0.15, -0.1) is 0 Å². The fourth-order valence-corrected chi connectivity index (χ4v) is 2.55. The number of nitrogens with zero attached hydrogens (tertiary/aromatic N) is 3. The van der Waals surface area contributed by atoms with E-state index in [1.165, 1.54) is 10.8 Å². The lowest BCUT2D eigenvalue weighted by Crippen LogP contribution is -2.26. The van der Waals surface area contributed by atoms with Gasteiger partial charge in [0, 0.05) is 0 Å². The van der Waals surface area contributed by atoms with Crippen LogP contribution >= 0.6 is 0 Å². The van der Waals surface area contributed by atoms with E-state index >= 15 is 0 Å². The molecule has 3 heterocycles.